The van der Waals surface area contributed by atoms with E-state index in [2.05, 4.69) is 24.0 Å². The zero-order valence-electron chi connectivity index (χ0n) is 10.6. The molecule has 0 saturated heterocycles. The number of aromatic nitrogens is 1. The molecule has 1 aromatic heterocycles. The Hall–Kier alpha value is -2.03. The highest BCUT2D eigenvalue weighted by atomic mass is 16.5. The Morgan fingerprint density at radius 3 is 2.94 bits per heavy atom. The molecule has 0 fully saturated rings. The Morgan fingerprint density at radius 2 is 2.17 bits per heavy atom. The molecule has 18 heavy (non-hydrogen) atoms. The number of benzene rings is 1. The van der Waals surface area contributed by atoms with Gasteiger partial charge in [0, 0.05) is 12.0 Å². The van der Waals surface area contributed by atoms with Gasteiger partial charge in [0.1, 0.15) is 11.9 Å². The molecular weight excluding hydrogens is 224 g/mol. The van der Waals surface area contributed by atoms with Crippen LogP contribution in [-0.2, 0) is 6.42 Å². The van der Waals surface area contributed by atoms with Gasteiger partial charge >= 0.3 is 0 Å². The molecule has 3 rings (SSSR count). The number of fused-ring (bicyclic) bond motifs is 1. The van der Waals surface area contributed by atoms with E-state index in [-0.39, 0.29) is 6.10 Å². The predicted molar refractivity (Wildman–Crippen MR) is 72.6 cm³/mol. The fraction of sp³-hybridized carbons (Fsp3) is 0.267. The van der Waals surface area contributed by atoms with Crippen molar-refractivity contribution in [2.24, 2.45) is 0 Å². The Morgan fingerprint density at radius 1 is 1.33 bits per heavy atom. The van der Waals surface area contributed by atoms with Gasteiger partial charge in [-0.3, -0.25) is 4.98 Å². The lowest BCUT2D eigenvalue weighted by molar-refractivity contribution is 0.254. The number of ether oxygens (including phenoxy) is 1. The maximum atomic E-state index is 5.79. The summed E-state index contributed by atoms with van der Waals surface area (Å²) in [6.45, 7) is 4.09. The van der Waals surface area contributed by atoms with Crippen LogP contribution in [0.4, 0.5) is 5.69 Å². The van der Waals surface area contributed by atoms with E-state index in [4.69, 9.17) is 10.5 Å². The number of aryl methyl sites for hydroxylation is 1. The molecule has 1 atom stereocenters. The fourth-order valence-corrected chi connectivity index (χ4v) is 2.31. The van der Waals surface area contributed by atoms with E-state index in [0.717, 1.165) is 34.7 Å². The Balaban J connectivity index is 2.03. The normalized spacial score (nSPS) is 17.3. The first-order valence-corrected chi connectivity index (χ1v) is 6.15. The highest BCUT2D eigenvalue weighted by Crippen LogP contribution is 2.32. The van der Waals surface area contributed by atoms with Crippen molar-refractivity contribution in [3.8, 4) is 17.0 Å². The lowest BCUT2D eigenvalue weighted by atomic mass is 10.0. The summed E-state index contributed by atoms with van der Waals surface area (Å²) >= 11 is 0. The van der Waals surface area contributed by atoms with Crippen molar-refractivity contribution in [1.29, 1.82) is 0 Å². The van der Waals surface area contributed by atoms with E-state index >= 15 is 0 Å². The smallest absolute Gasteiger partial charge is 0.123 e. The Bertz CT molecular complexity index is 607. The molecule has 2 N–H and O–H groups in total. The third-order valence-electron chi connectivity index (χ3n) is 3.34. The monoisotopic (exact) mass is 240 g/mol. The van der Waals surface area contributed by atoms with Gasteiger partial charge in [-0.1, -0.05) is 0 Å². The van der Waals surface area contributed by atoms with Crippen molar-refractivity contribution in [2.45, 2.75) is 26.4 Å². The lowest BCUT2D eigenvalue weighted by Crippen LogP contribution is -2.05. The maximum absolute atomic E-state index is 5.79. The topological polar surface area (TPSA) is 48.1 Å². The molecule has 92 valence electrons. The number of nitrogens with two attached hydrogens (primary N) is 1. The van der Waals surface area contributed by atoms with Crippen LogP contribution in [0.5, 0.6) is 5.75 Å². The lowest BCUT2D eigenvalue weighted by Gasteiger charge is -2.06. The molecule has 3 heteroatoms. The third-order valence-corrected chi connectivity index (χ3v) is 3.34. The number of pyridine rings is 1. The average Bonchev–Trinajstić information content (AvgIpc) is 2.71. The van der Waals surface area contributed by atoms with Gasteiger partial charge in [-0.05, 0) is 49.2 Å². The van der Waals surface area contributed by atoms with E-state index in [1.54, 1.807) is 6.20 Å². The summed E-state index contributed by atoms with van der Waals surface area (Å²) in [4.78, 5) is 4.39. The predicted octanol–water partition coefficient (Wildman–Crippen LogP) is 2.96. The maximum Gasteiger partial charge on any atom is 0.123 e. The summed E-state index contributed by atoms with van der Waals surface area (Å²) in [6.07, 6.45) is 2.96. The van der Waals surface area contributed by atoms with Crippen molar-refractivity contribution in [1.82, 2.24) is 4.98 Å². The van der Waals surface area contributed by atoms with Crippen molar-refractivity contribution < 1.29 is 4.74 Å². The van der Waals surface area contributed by atoms with Gasteiger partial charge in [-0.15, -0.1) is 0 Å². The average molecular weight is 240 g/mol. The highest BCUT2D eigenvalue weighted by Gasteiger charge is 2.19. The fourth-order valence-electron chi connectivity index (χ4n) is 2.31. The first kappa shape index (κ1) is 11.1. The molecular formula is C15H16N2O. The van der Waals surface area contributed by atoms with Crippen LogP contribution in [-0.4, -0.2) is 11.1 Å². The van der Waals surface area contributed by atoms with Crippen LogP contribution >= 0.6 is 0 Å². The number of hydrogen-bond acceptors (Lipinski definition) is 3. The summed E-state index contributed by atoms with van der Waals surface area (Å²) in [5.74, 6) is 0.999. The second-order valence-electron chi connectivity index (χ2n) is 4.88. The molecule has 0 spiro atoms. The van der Waals surface area contributed by atoms with Crippen LogP contribution in [0.2, 0.25) is 0 Å². The first-order chi connectivity index (χ1) is 8.63. The van der Waals surface area contributed by atoms with Crippen molar-refractivity contribution in [2.75, 3.05) is 5.73 Å². The largest absolute Gasteiger partial charge is 0.490 e. The summed E-state index contributed by atoms with van der Waals surface area (Å²) in [6, 6.07) is 8.27. The van der Waals surface area contributed by atoms with Gasteiger partial charge in [-0.2, -0.15) is 0 Å². The molecule has 2 heterocycles. The molecule has 0 saturated carbocycles. The quantitative estimate of drug-likeness (QED) is 0.833. The summed E-state index contributed by atoms with van der Waals surface area (Å²) < 4.78 is 5.70. The van der Waals surface area contributed by atoms with Crippen molar-refractivity contribution in [3.63, 3.8) is 0 Å². The molecule has 1 aromatic carbocycles. The molecule has 0 bridgehead atoms. The number of nitrogens with zero attached hydrogens (tertiary/aromatic N) is 1. The molecule has 3 nitrogen and oxygen atoms in total. The molecule has 0 radical (unpaired) electrons. The standard InChI is InChI=1S/C15H16N2O/c1-9-5-14(17-8-13(9)16)11-3-4-15-12(7-11)6-10(2)18-15/h3-5,7-8,10H,6,16H2,1-2H3. The summed E-state index contributed by atoms with van der Waals surface area (Å²) in [5, 5.41) is 0. The Kier molecular flexibility index (Phi) is 2.47. The number of nitrogen functional groups attached to an aromatic ring is 1. The van der Waals surface area contributed by atoms with Crippen LogP contribution in [0.25, 0.3) is 11.3 Å². The number of anilines is 1. The first-order valence-electron chi connectivity index (χ1n) is 6.15. The van der Waals surface area contributed by atoms with Crippen LogP contribution in [0.3, 0.4) is 0 Å². The van der Waals surface area contributed by atoms with E-state index in [9.17, 15) is 0 Å². The summed E-state index contributed by atoms with van der Waals surface area (Å²) in [5.41, 5.74) is 10.9. The molecule has 0 aliphatic carbocycles. The van der Waals surface area contributed by atoms with Crippen molar-refractivity contribution in [3.05, 3.63) is 41.6 Å². The molecule has 0 amide bonds. The molecule has 1 aliphatic rings. The van der Waals surface area contributed by atoms with E-state index in [1.165, 1.54) is 5.56 Å². The molecule has 2 aromatic rings. The van der Waals surface area contributed by atoms with Gasteiger partial charge in [0.2, 0.25) is 0 Å². The van der Waals surface area contributed by atoms with Gasteiger partial charge in [0.15, 0.2) is 0 Å². The van der Waals surface area contributed by atoms with Crippen LogP contribution in [0.1, 0.15) is 18.1 Å². The Labute approximate surface area is 107 Å². The van der Waals surface area contributed by atoms with Gasteiger partial charge in [0.05, 0.1) is 17.6 Å². The van der Waals surface area contributed by atoms with Gasteiger partial charge < -0.3 is 10.5 Å². The van der Waals surface area contributed by atoms with Crippen LogP contribution < -0.4 is 10.5 Å². The number of rotatable bonds is 1. The third kappa shape index (κ3) is 1.82. The second kappa shape index (κ2) is 4.02. The highest BCUT2D eigenvalue weighted by molar-refractivity contribution is 5.65. The number of hydrogen-bond donors (Lipinski definition) is 1. The minimum atomic E-state index is 0.274. The second-order valence-corrected chi connectivity index (χ2v) is 4.88. The van der Waals surface area contributed by atoms with E-state index in [1.807, 2.05) is 19.1 Å². The molecule has 1 unspecified atom stereocenters. The van der Waals surface area contributed by atoms with Crippen LogP contribution in [0.15, 0.2) is 30.5 Å². The van der Waals surface area contributed by atoms with Gasteiger partial charge in [-0.25, -0.2) is 0 Å². The minimum absolute atomic E-state index is 0.274. The summed E-state index contributed by atoms with van der Waals surface area (Å²) in [7, 11) is 0. The molecule has 1 aliphatic heterocycles. The van der Waals surface area contributed by atoms with Crippen LogP contribution in [0, 0.1) is 6.92 Å². The zero-order chi connectivity index (χ0) is 12.7. The SMILES string of the molecule is Cc1cc(-c2ccc3c(c2)CC(C)O3)ncc1N. The zero-order valence-corrected chi connectivity index (χ0v) is 10.6. The van der Waals surface area contributed by atoms with E-state index in [0.29, 0.717) is 0 Å². The van der Waals surface area contributed by atoms with E-state index < -0.39 is 0 Å². The van der Waals surface area contributed by atoms with Gasteiger partial charge in [0.25, 0.3) is 0 Å². The van der Waals surface area contributed by atoms with Crippen molar-refractivity contribution >= 4 is 5.69 Å². The minimum Gasteiger partial charge on any atom is -0.490 e.